The van der Waals surface area contributed by atoms with E-state index in [1.165, 1.54) is 19.4 Å². The number of aromatic nitrogens is 2. The van der Waals surface area contributed by atoms with E-state index in [-0.39, 0.29) is 17.7 Å². The maximum absolute atomic E-state index is 13.9. The summed E-state index contributed by atoms with van der Waals surface area (Å²) in [5, 5.41) is 2.87. The summed E-state index contributed by atoms with van der Waals surface area (Å²) in [4.78, 5) is 16.7. The Morgan fingerprint density at radius 2 is 2.00 bits per heavy atom. The lowest BCUT2D eigenvalue weighted by molar-refractivity contribution is 0.0933. The molecule has 0 aliphatic heterocycles. The molecule has 6 heteroatoms. The molecule has 25 heavy (non-hydrogen) atoms. The topological polar surface area (TPSA) is 56.1 Å². The van der Waals surface area contributed by atoms with Crippen LogP contribution in [0.25, 0.3) is 5.69 Å². The molecule has 5 nitrogen and oxygen atoms in total. The van der Waals surface area contributed by atoms with Gasteiger partial charge in [0.25, 0.3) is 5.91 Å². The Hall–Kier alpha value is -3.15. The lowest BCUT2D eigenvalue weighted by Gasteiger charge is -2.16. The summed E-state index contributed by atoms with van der Waals surface area (Å²) < 4.78 is 20.5. The third kappa shape index (κ3) is 3.52. The van der Waals surface area contributed by atoms with Gasteiger partial charge in [0.05, 0.1) is 25.7 Å². The molecule has 3 rings (SSSR count). The van der Waals surface area contributed by atoms with E-state index in [2.05, 4.69) is 10.3 Å². The second-order valence-corrected chi connectivity index (χ2v) is 5.57. The maximum atomic E-state index is 13.9. The van der Waals surface area contributed by atoms with Crippen LogP contribution in [0.15, 0.2) is 61.1 Å². The number of nitrogens with zero attached hydrogens (tertiary/aromatic N) is 2. The van der Waals surface area contributed by atoms with Crippen molar-refractivity contribution < 1.29 is 13.9 Å². The Kier molecular flexibility index (Phi) is 4.79. The molecular weight excluding hydrogens is 321 g/mol. The van der Waals surface area contributed by atoms with E-state index in [9.17, 15) is 9.18 Å². The summed E-state index contributed by atoms with van der Waals surface area (Å²) >= 11 is 0. The van der Waals surface area contributed by atoms with Crippen LogP contribution in [0.5, 0.6) is 5.75 Å². The number of methoxy groups -OCH3 is 1. The van der Waals surface area contributed by atoms with E-state index in [0.717, 1.165) is 5.69 Å². The van der Waals surface area contributed by atoms with Crippen molar-refractivity contribution in [3.8, 4) is 11.4 Å². The van der Waals surface area contributed by atoms with Gasteiger partial charge in [0.15, 0.2) is 11.6 Å². The van der Waals surface area contributed by atoms with Crippen LogP contribution in [0.1, 0.15) is 29.0 Å². The van der Waals surface area contributed by atoms with Crippen molar-refractivity contribution in [1.82, 2.24) is 14.9 Å². The van der Waals surface area contributed by atoms with Crippen LogP contribution < -0.4 is 10.1 Å². The molecule has 0 aliphatic carbocycles. The van der Waals surface area contributed by atoms with Crippen molar-refractivity contribution in [3.63, 3.8) is 0 Å². The number of benzene rings is 2. The number of ether oxygens (including phenoxy) is 1. The Balaban J connectivity index is 1.79. The van der Waals surface area contributed by atoms with Crippen molar-refractivity contribution in [1.29, 1.82) is 0 Å². The molecular formula is C19H18FN3O2. The number of amides is 1. The molecule has 0 bridgehead atoms. The minimum atomic E-state index is -0.463. The van der Waals surface area contributed by atoms with Gasteiger partial charge in [-0.3, -0.25) is 9.36 Å². The fourth-order valence-corrected chi connectivity index (χ4v) is 2.56. The van der Waals surface area contributed by atoms with Gasteiger partial charge < -0.3 is 10.1 Å². The molecule has 2 aromatic carbocycles. The van der Waals surface area contributed by atoms with Crippen LogP contribution >= 0.6 is 0 Å². The van der Waals surface area contributed by atoms with Gasteiger partial charge in [-0.2, -0.15) is 0 Å². The Morgan fingerprint density at radius 1 is 1.24 bits per heavy atom. The van der Waals surface area contributed by atoms with Gasteiger partial charge in [0.2, 0.25) is 0 Å². The highest BCUT2D eigenvalue weighted by Gasteiger charge is 2.17. The Bertz CT molecular complexity index is 877. The molecule has 3 aromatic rings. The standard InChI is InChI=1S/C19H18FN3O2/c1-13(14-8-9-18(25-2)16(20)10-14)22-19(24)17-11-21-12-23(17)15-6-4-3-5-7-15/h3-13H,1-2H3,(H,22,24). The predicted molar refractivity (Wildman–Crippen MR) is 92.4 cm³/mol. The van der Waals surface area contributed by atoms with Crippen LogP contribution in [0, 0.1) is 5.82 Å². The molecule has 1 unspecified atom stereocenters. The largest absolute Gasteiger partial charge is 0.494 e. The third-order valence-electron chi connectivity index (χ3n) is 3.93. The number of imidazole rings is 1. The van der Waals surface area contributed by atoms with Crippen molar-refractivity contribution >= 4 is 5.91 Å². The van der Waals surface area contributed by atoms with Gasteiger partial charge in [-0.05, 0) is 36.8 Å². The van der Waals surface area contributed by atoms with E-state index in [0.29, 0.717) is 11.3 Å². The Labute approximate surface area is 145 Å². The summed E-state index contributed by atoms with van der Waals surface area (Å²) in [6, 6.07) is 13.7. The monoisotopic (exact) mass is 339 g/mol. The highest BCUT2D eigenvalue weighted by atomic mass is 19.1. The summed E-state index contributed by atoms with van der Waals surface area (Å²) in [6.07, 6.45) is 3.09. The zero-order valence-corrected chi connectivity index (χ0v) is 13.9. The number of hydrogen-bond donors (Lipinski definition) is 1. The molecule has 0 aliphatic rings. The van der Waals surface area contributed by atoms with Crippen molar-refractivity contribution in [2.24, 2.45) is 0 Å². The zero-order chi connectivity index (χ0) is 17.8. The molecule has 0 radical (unpaired) electrons. The molecule has 1 aromatic heterocycles. The Morgan fingerprint density at radius 3 is 2.68 bits per heavy atom. The molecule has 1 amide bonds. The van der Waals surface area contributed by atoms with Crippen LogP contribution in [0.4, 0.5) is 4.39 Å². The van der Waals surface area contributed by atoms with Crippen molar-refractivity contribution in [2.45, 2.75) is 13.0 Å². The van der Waals surface area contributed by atoms with Crippen LogP contribution in [-0.4, -0.2) is 22.6 Å². The minimum absolute atomic E-state index is 0.171. The summed E-state index contributed by atoms with van der Waals surface area (Å²) in [5.74, 6) is -0.579. The average molecular weight is 339 g/mol. The zero-order valence-electron chi connectivity index (χ0n) is 13.9. The fourth-order valence-electron chi connectivity index (χ4n) is 2.56. The number of para-hydroxylation sites is 1. The normalized spacial score (nSPS) is 11.8. The lowest BCUT2D eigenvalue weighted by atomic mass is 10.1. The van der Waals surface area contributed by atoms with Gasteiger partial charge in [-0.25, -0.2) is 9.37 Å². The molecule has 128 valence electrons. The van der Waals surface area contributed by atoms with Crippen molar-refractivity contribution in [3.05, 3.63) is 78.1 Å². The average Bonchev–Trinajstić information content (AvgIpc) is 3.12. The molecule has 0 spiro atoms. The van der Waals surface area contributed by atoms with Gasteiger partial charge in [0, 0.05) is 5.69 Å². The van der Waals surface area contributed by atoms with E-state index in [1.54, 1.807) is 30.0 Å². The summed E-state index contributed by atoms with van der Waals surface area (Å²) in [6.45, 7) is 1.79. The first kappa shape index (κ1) is 16.7. The number of rotatable bonds is 5. The second kappa shape index (κ2) is 7.17. The molecule has 0 saturated carbocycles. The molecule has 0 fully saturated rings. The second-order valence-electron chi connectivity index (χ2n) is 5.57. The maximum Gasteiger partial charge on any atom is 0.270 e. The first-order chi connectivity index (χ1) is 12.1. The van der Waals surface area contributed by atoms with Crippen LogP contribution in [-0.2, 0) is 0 Å². The van der Waals surface area contributed by atoms with Gasteiger partial charge in [-0.1, -0.05) is 24.3 Å². The van der Waals surface area contributed by atoms with Crippen LogP contribution in [0.3, 0.4) is 0 Å². The van der Waals surface area contributed by atoms with E-state index < -0.39 is 5.82 Å². The van der Waals surface area contributed by atoms with E-state index >= 15 is 0 Å². The van der Waals surface area contributed by atoms with Crippen molar-refractivity contribution in [2.75, 3.05) is 7.11 Å². The highest BCUT2D eigenvalue weighted by Crippen LogP contribution is 2.22. The van der Waals surface area contributed by atoms with Gasteiger partial charge in [-0.15, -0.1) is 0 Å². The molecule has 0 saturated heterocycles. The SMILES string of the molecule is COc1ccc(C(C)NC(=O)c2cncn2-c2ccccc2)cc1F. The molecule has 1 heterocycles. The third-order valence-corrected chi connectivity index (χ3v) is 3.93. The number of hydrogen-bond acceptors (Lipinski definition) is 3. The summed E-state index contributed by atoms with van der Waals surface area (Å²) in [5.41, 5.74) is 1.90. The number of carbonyl (C=O) groups excluding carboxylic acids is 1. The quantitative estimate of drug-likeness (QED) is 0.774. The smallest absolute Gasteiger partial charge is 0.270 e. The predicted octanol–water partition coefficient (Wildman–Crippen LogP) is 3.51. The van der Waals surface area contributed by atoms with Gasteiger partial charge in [0.1, 0.15) is 5.69 Å². The lowest BCUT2D eigenvalue weighted by Crippen LogP contribution is -2.28. The first-order valence-corrected chi connectivity index (χ1v) is 7.82. The highest BCUT2D eigenvalue weighted by molar-refractivity contribution is 5.93. The number of nitrogens with one attached hydrogen (secondary N) is 1. The van der Waals surface area contributed by atoms with Gasteiger partial charge >= 0.3 is 0 Å². The first-order valence-electron chi connectivity index (χ1n) is 7.82. The number of halogens is 1. The van der Waals surface area contributed by atoms with E-state index in [4.69, 9.17) is 4.74 Å². The molecule has 1 N–H and O–H groups in total. The number of carbonyl (C=O) groups is 1. The minimum Gasteiger partial charge on any atom is -0.494 e. The molecule has 1 atom stereocenters. The van der Waals surface area contributed by atoms with Crippen LogP contribution in [0.2, 0.25) is 0 Å². The van der Waals surface area contributed by atoms with E-state index in [1.807, 2.05) is 30.3 Å². The summed E-state index contributed by atoms with van der Waals surface area (Å²) in [7, 11) is 1.41. The fraction of sp³-hybridized carbons (Fsp3) is 0.158.